The van der Waals surface area contributed by atoms with Crippen LogP contribution in [0.25, 0.3) is 0 Å². The van der Waals surface area contributed by atoms with Gasteiger partial charge in [0.1, 0.15) is 5.82 Å². The fourth-order valence-corrected chi connectivity index (χ4v) is 2.30. The molecule has 0 spiro atoms. The fraction of sp³-hybridized carbons (Fsp3) is 0.353. The molecule has 1 aromatic heterocycles. The Labute approximate surface area is 145 Å². The standard InChI is InChI=1S/C17H21FN4O3/c1-5-25-16(23)13-7-15(14(18)6-10(13)2)21-17(24)20-11(3)12-8-19-22(4)9-12/h6-9,11H,5H2,1-4H3,(H2,20,21,24). The van der Waals surface area contributed by atoms with E-state index in [4.69, 9.17) is 4.74 Å². The number of nitrogens with zero attached hydrogens (tertiary/aromatic N) is 2. The summed E-state index contributed by atoms with van der Waals surface area (Å²) >= 11 is 0. The van der Waals surface area contributed by atoms with E-state index in [1.165, 1.54) is 12.1 Å². The van der Waals surface area contributed by atoms with Crippen LogP contribution in [0.1, 0.15) is 41.4 Å². The molecule has 0 radical (unpaired) electrons. The maximum atomic E-state index is 14.1. The Kier molecular flexibility index (Phi) is 5.74. The average Bonchev–Trinajstić information content (AvgIpc) is 2.96. The molecule has 0 aliphatic rings. The van der Waals surface area contributed by atoms with Crippen molar-refractivity contribution in [3.63, 3.8) is 0 Å². The first-order valence-corrected chi connectivity index (χ1v) is 7.85. The highest BCUT2D eigenvalue weighted by atomic mass is 19.1. The van der Waals surface area contributed by atoms with Crippen molar-refractivity contribution in [2.24, 2.45) is 7.05 Å². The Morgan fingerprint density at radius 1 is 1.40 bits per heavy atom. The number of hydrogen-bond acceptors (Lipinski definition) is 4. The second kappa shape index (κ2) is 7.78. The summed E-state index contributed by atoms with van der Waals surface area (Å²) in [5.74, 6) is -1.19. The Hall–Kier alpha value is -2.90. The number of carbonyl (C=O) groups excluding carboxylic acids is 2. The Morgan fingerprint density at radius 3 is 2.72 bits per heavy atom. The molecule has 0 aliphatic heterocycles. The number of aromatic nitrogens is 2. The summed E-state index contributed by atoms with van der Waals surface area (Å²) in [6, 6.07) is 1.56. The minimum Gasteiger partial charge on any atom is -0.462 e. The second-order valence-corrected chi connectivity index (χ2v) is 5.63. The van der Waals surface area contributed by atoms with Crippen LogP contribution in [0.5, 0.6) is 0 Å². The Balaban J connectivity index is 2.12. The first-order valence-electron chi connectivity index (χ1n) is 7.85. The molecule has 25 heavy (non-hydrogen) atoms. The molecule has 1 atom stereocenters. The molecule has 1 unspecified atom stereocenters. The number of nitrogens with one attached hydrogen (secondary N) is 2. The van der Waals surface area contributed by atoms with Gasteiger partial charge in [-0.2, -0.15) is 5.10 Å². The van der Waals surface area contributed by atoms with Crippen LogP contribution < -0.4 is 10.6 Å². The summed E-state index contributed by atoms with van der Waals surface area (Å²) < 4.78 is 20.7. The average molecular weight is 348 g/mol. The zero-order chi connectivity index (χ0) is 18.6. The number of anilines is 1. The van der Waals surface area contributed by atoms with Crippen LogP contribution in [0.3, 0.4) is 0 Å². The van der Waals surface area contributed by atoms with Gasteiger partial charge in [-0.05, 0) is 38.5 Å². The number of carbonyl (C=O) groups is 2. The van der Waals surface area contributed by atoms with Gasteiger partial charge in [0, 0.05) is 18.8 Å². The molecule has 1 heterocycles. The number of rotatable bonds is 5. The number of aryl methyl sites for hydroxylation is 2. The van der Waals surface area contributed by atoms with Gasteiger partial charge >= 0.3 is 12.0 Å². The van der Waals surface area contributed by atoms with Gasteiger partial charge < -0.3 is 15.4 Å². The van der Waals surface area contributed by atoms with Gasteiger partial charge in [0.25, 0.3) is 0 Å². The fourth-order valence-electron chi connectivity index (χ4n) is 2.30. The second-order valence-electron chi connectivity index (χ2n) is 5.63. The molecule has 0 saturated carbocycles. The minimum atomic E-state index is -0.630. The van der Waals surface area contributed by atoms with E-state index in [9.17, 15) is 14.0 Å². The van der Waals surface area contributed by atoms with Crippen molar-refractivity contribution < 1.29 is 18.7 Å². The lowest BCUT2D eigenvalue weighted by atomic mass is 10.1. The molecule has 0 fully saturated rings. The number of esters is 1. The van der Waals surface area contributed by atoms with E-state index < -0.39 is 17.8 Å². The highest BCUT2D eigenvalue weighted by Gasteiger charge is 2.17. The van der Waals surface area contributed by atoms with E-state index in [1.54, 1.807) is 44.9 Å². The Morgan fingerprint density at radius 2 is 2.12 bits per heavy atom. The van der Waals surface area contributed by atoms with Crippen LogP contribution in [-0.2, 0) is 11.8 Å². The van der Waals surface area contributed by atoms with Crippen LogP contribution in [-0.4, -0.2) is 28.4 Å². The van der Waals surface area contributed by atoms with E-state index in [2.05, 4.69) is 15.7 Å². The molecule has 2 N–H and O–H groups in total. The normalized spacial score (nSPS) is 11.7. The predicted octanol–water partition coefficient (Wildman–Crippen LogP) is 2.93. The summed E-state index contributed by atoms with van der Waals surface area (Å²) in [7, 11) is 1.77. The first-order chi connectivity index (χ1) is 11.8. The molecule has 2 amide bonds. The third-order valence-electron chi connectivity index (χ3n) is 3.63. The number of amides is 2. The zero-order valence-corrected chi connectivity index (χ0v) is 14.6. The van der Waals surface area contributed by atoms with Crippen molar-refractivity contribution in [2.45, 2.75) is 26.8 Å². The largest absolute Gasteiger partial charge is 0.462 e. The summed E-state index contributed by atoms with van der Waals surface area (Å²) in [5, 5.41) is 9.14. The third-order valence-corrected chi connectivity index (χ3v) is 3.63. The molecule has 8 heteroatoms. The maximum absolute atomic E-state index is 14.1. The van der Waals surface area contributed by atoms with Crippen molar-refractivity contribution in [1.82, 2.24) is 15.1 Å². The SMILES string of the molecule is CCOC(=O)c1cc(NC(=O)NC(C)c2cnn(C)c2)c(F)cc1C. The molecule has 2 aromatic rings. The number of halogens is 1. The summed E-state index contributed by atoms with van der Waals surface area (Å²) in [6.07, 6.45) is 3.41. The highest BCUT2D eigenvalue weighted by Crippen LogP contribution is 2.21. The van der Waals surface area contributed by atoms with E-state index >= 15 is 0 Å². The number of ether oxygens (including phenoxy) is 1. The van der Waals surface area contributed by atoms with E-state index in [0.717, 1.165) is 5.56 Å². The monoisotopic (exact) mass is 348 g/mol. The van der Waals surface area contributed by atoms with Gasteiger partial charge in [0.2, 0.25) is 0 Å². The summed E-state index contributed by atoms with van der Waals surface area (Å²) in [4.78, 5) is 24.0. The van der Waals surface area contributed by atoms with Crippen molar-refractivity contribution >= 4 is 17.7 Å². The van der Waals surface area contributed by atoms with Gasteiger partial charge in [0.05, 0.1) is 30.1 Å². The number of hydrogen-bond donors (Lipinski definition) is 2. The van der Waals surface area contributed by atoms with Crippen molar-refractivity contribution in [3.8, 4) is 0 Å². The van der Waals surface area contributed by atoms with Crippen LogP contribution in [0.4, 0.5) is 14.9 Å². The summed E-state index contributed by atoms with van der Waals surface area (Å²) in [5.41, 5.74) is 1.36. The quantitative estimate of drug-likeness (QED) is 0.814. The first kappa shape index (κ1) is 18.4. The number of urea groups is 1. The van der Waals surface area contributed by atoms with Gasteiger partial charge in [-0.25, -0.2) is 14.0 Å². The molecule has 1 aromatic carbocycles. The van der Waals surface area contributed by atoms with Crippen molar-refractivity contribution in [1.29, 1.82) is 0 Å². The number of benzene rings is 1. The van der Waals surface area contributed by atoms with E-state index in [0.29, 0.717) is 5.56 Å². The minimum absolute atomic E-state index is 0.0930. The maximum Gasteiger partial charge on any atom is 0.338 e. The van der Waals surface area contributed by atoms with Crippen LogP contribution in [0.15, 0.2) is 24.5 Å². The van der Waals surface area contributed by atoms with Crippen LogP contribution in [0, 0.1) is 12.7 Å². The van der Waals surface area contributed by atoms with Gasteiger partial charge in [-0.15, -0.1) is 0 Å². The summed E-state index contributed by atoms with van der Waals surface area (Å²) in [6.45, 7) is 5.28. The lowest BCUT2D eigenvalue weighted by Gasteiger charge is -2.15. The molecule has 7 nitrogen and oxygen atoms in total. The van der Waals surface area contributed by atoms with Crippen molar-refractivity contribution in [2.75, 3.05) is 11.9 Å². The lowest BCUT2D eigenvalue weighted by Crippen LogP contribution is -2.31. The Bertz CT molecular complexity index is 788. The van der Waals surface area contributed by atoms with Gasteiger partial charge in [-0.1, -0.05) is 0 Å². The molecular weight excluding hydrogens is 327 g/mol. The molecule has 0 aliphatic carbocycles. The van der Waals surface area contributed by atoms with Crippen LogP contribution >= 0.6 is 0 Å². The molecular formula is C17H21FN4O3. The van der Waals surface area contributed by atoms with Gasteiger partial charge in [-0.3, -0.25) is 4.68 Å². The van der Waals surface area contributed by atoms with E-state index in [1.807, 2.05) is 0 Å². The molecule has 134 valence electrons. The molecule has 0 bridgehead atoms. The van der Waals surface area contributed by atoms with Crippen molar-refractivity contribution in [3.05, 3.63) is 47.0 Å². The predicted molar refractivity (Wildman–Crippen MR) is 90.9 cm³/mol. The highest BCUT2D eigenvalue weighted by molar-refractivity contribution is 5.95. The lowest BCUT2D eigenvalue weighted by molar-refractivity contribution is 0.0525. The van der Waals surface area contributed by atoms with E-state index in [-0.39, 0.29) is 23.9 Å². The smallest absolute Gasteiger partial charge is 0.338 e. The molecule has 0 saturated heterocycles. The molecule has 2 rings (SSSR count). The third kappa shape index (κ3) is 4.56. The van der Waals surface area contributed by atoms with Gasteiger partial charge in [0.15, 0.2) is 0 Å². The van der Waals surface area contributed by atoms with Crippen LogP contribution in [0.2, 0.25) is 0 Å². The zero-order valence-electron chi connectivity index (χ0n) is 14.6. The topological polar surface area (TPSA) is 85.2 Å².